The zero-order chi connectivity index (χ0) is 17.6. The molecule has 1 aromatic heterocycles. The smallest absolute Gasteiger partial charge is 0.229 e. The summed E-state index contributed by atoms with van der Waals surface area (Å²) >= 11 is 0. The standard InChI is InChI=1S/C20H20N4O/c1-14-8-9-15(2)17(12-14)21-18-10-11-19(24-23-18)22-20(25)13-16-6-4-3-5-7-16/h3-12H,13H2,1-2H3,(H,21,23)(H,22,24,25). The first-order valence-electron chi connectivity index (χ1n) is 8.12. The SMILES string of the molecule is Cc1ccc(C)c(Nc2ccc(NC(=O)Cc3ccccc3)nn2)c1. The number of carbonyl (C=O) groups is 1. The fourth-order valence-corrected chi connectivity index (χ4v) is 2.44. The minimum Gasteiger partial charge on any atom is -0.339 e. The van der Waals surface area contributed by atoms with Crippen LogP contribution < -0.4 is 10.6 Å². The van der Waals surface area contributed by atoms with Gasteiger partial charge in [0.25, 0.3) is 0 Å². The predicted octanol–water partition coefficient (Wildman–Crippen LogP) is 4.02. The van der Waals surface area contributed by atoms with Crippen molar-refractivity contribution in [2.24, 2.45) is 0 Å². The molecule has 0 aliphatic rings. The van der Waals surface area contributed by atoms with Crippen molar-refractivity contribution < 1.29 is 4.79 Å². The molecule has 3 rings (SSSR count). The molecule has 2 aromatic carbocycles. The second-order valence-electron chi connectivity index (χ2n) is 5.96. The van der Waals surface area contributed by atoms with Crippen LogP contribution in [-0.2, 0) is 11.2 Å². The van der Waals surface area contributed by atoms with Crippen LogP contribution in [0, 0.1) is 13.8 Å². The number of carbonyl (C=O) groups excluding carboxylic acids is 1. The first-order valence-corrected chi connectivity index (χ1v) is 8.12. The second-order valence-corrected chi connectivity index (χ2v) is 5.96. The van der Waals surface area contributed by atoms with Crippen LogP contribution in [0.25, 0.3) is 0 Å². The van der Waals surface area contributed by atoms with E-state index in [0.717, 1.165) is 16.8 Å². The lowest BCUT2D eigenvalue weighted by atomic mass is 10.1. The maximum absolute atomic E-state index is 12.0. The highest BCUT2D eigenvalue weighted by Crippen LogP contribution is 2.20. The number of hydrogen-bond donors (Lipinski definition) is 2. The Balaban J connectivity index is 1.62. The van der Waals surface area contributed by atoms with Crippen molar-refractivity contribution in [1.29, 1.82) is 0 Å². The molecule has 0 spiro atoms. The third kappa shape index (κ3) is 4.64. The number of benzene rings is 2. The molecule has 0 fully saturated rings. The van der Waals surface area contributed by atoms with Crippen LogP contribution in [0.2, 0.25) is 0 Å². The molecular weight excluding hydrogens is 312 g/mol. The van der Waals surface area contributed by atoms with E-state index in [1.807, 2.05) is 44.2 Å². The Morgan fingerprint density at radius 2 is 1.64 bits per heavy atom. The molecule has 25 heavy (non-hydrogen) atoms. The summed E-state index contributed by atoms with van der Waals surface area (Å²) < 4.78 is 0. The number of amides is 1. The molecule has 0 aliphatic carbocycles. The zero-order valence-corrected chi connectivity index (χ0v) is 14.3. The Morgan fingerprint density at radius 3 is 2.36 bits per heavy atom. The molecule has 5 heteroatoms. The topological polar surface area (TPSA) is 66.9 Å². The van der Waals surface area contributed by atoms with Crippen LogP contribution in [0.5, 0.6) is 0 Å². The summed E-state index contributed by atoms with van der Waals surface area (Å²) in [5.74, 6) is 0.956. The molecule has 0 aliphatic heterocycles. The molecule has 0 saturated carbocycles. The van der Waals surface area contributed by atoms with Gasteiger partial charge in [-0.2, -0.15) is 0 Å². The third-order valence-electron chi connectivity index (χ3n) is 3.80. The molecule has 2 N–H and O–H groups in total. The predicted molar refractivity (Wildman–Crippen MR) is 100 cm³/mol. The number of nitrogens with one attached hydrogen (secondary N) is 2. The average molecular weight is 332 g/mol. The fraction of sp³-hybridized carbons (Fsp3) is 0.150. The molecule has 0 saturated heterocycles. The summed E-state index contributed by atoms with van der Waals surface area (Å²) in [7, 11) is 0. The van der Waals surface area contributed by atoms with Gasteiger partial charge in [-0.3, -0.25) is 4.79 Å². The summed E-state index contributed by atoms with van der Waals surface area (Å²) in [6.45, 7) is 4.08. The van der Waals surface area contributed by atoms with Gasteiger partial charge in [-0.15, -0.1) is 10.2 Å². The first-order chi connectivity index (χ1) is 12.1. The quantitative estimate of drug-likeness (QED) is 0.740. The summed E-state index contributed by atoms with van der Waals surface area (Å²) in [6.07, 6.45) is 0.311. The molecule has 0 unspecified atom stereocenters. The van der Waals surface area contributed by atoms with Crippen molar-refractivity contribution >= 4 is 23.2 Å². The second kappa shape index (κ2) is 7.57. The van der Waals surface area contributed by atoms with Crippen LogP contribution in [0.1, 0.15) is 16.7 Å². The first kappa shape index (κ1) is 16.6. The van der Waals surface area contributed by atoms with Crippen LogP contribution in [-0.4, -0.2) is 16.1 Å². The number of hydrogen-bond acceptors (Lipinski definition) is 4. The van der Waals surface area contributed by atoms with E-state index in [-0.39, 0.29) is 5.91 Å². The molecule has 3 aromatic rings. The lowest BCUT2D eigenvalue weighted by molar-refractivity contribution is -0.115. The Bertz CT molecular complexity index is 861. The molecule has 1 heterocycles. The monoisotopic (exact) mass is 332 g/mol. The van der Waals surface area contributed by atoms with E-state index < -0.39 is 0 Å². The Kier molecular flexibility index (Phi) is 5.04. The van der Waals surface area contributed by atoms with Gasteiger partial charge in [0.15, 0.2) is 11.6 Å². The fourth-order valence-electron chi connectivity index (χ4n) is 2.44. The molecule has 1 amide bonds. The van der Waals surface area contributed by atoms with Gasteiger partial charge in [-0.05, 0) is 48.7 Å². The highest BCUT2D eigenvalue weighted by atomic mass is 16.1. The molecule has 126 valence electrons. The number of aromatic nitrogens is 2. The van der Waals surface area contributed by atoms with Crippen molar-refractivity contribution in [3.05, 3.63) is 77.4 Å². The molecule has 0 bridgehead atoms. The summed E-state index contributed by atoms with van der Waals surface area (Å²) in [5.41, 5.74) is 4.26. The van der Waals surface area contributed by atoms with Gasteiger partial charge in [-0.1, -0.05) is 42.5 Å². The Labute approximate surface area is 147 Å². The number of anilines is 3. The Hall–Kier alpha value is -3.21. The van der Waals surface area contributed by atoms with Gasteiger partial charge in [0.2, 0.25) is 5.91 Å². The minimum absolute atomic E-state index is 0.115. The highest BCUT2D eigenvalue weighted by Gasteiger charge is 2.06. The lowest BCUT2D eigenvalue weighted by Gasteiger charge is -2.10. The number of aryl methyl sites for hydroxylation is 2. The average Bonchev–Trinajstić information content (AvgIpc) is 2.61. The van der Waals surface area contributed by atoms with Crippen molar-refractivity contribution in [2.45, 2.75) is 20.3 Å². The van der Waals surface area contributed by atoms with Gasteiger partial charge in [0.05, 0.1) is 6.42 Å². The van der Waals surface area contributed by atoms with E-state index in [1.54, 1.807) is 12.1 Å². The van der Waals surface area contributed by atoms with Gasteiger partial charge < -0.3 is 10.6 Å². The maximum Gasteiger partial charge on any atom is 0.229 e. The van der Waals surface area contributed by atoms with E-state index in [0.29, 0.717) is 18.1 Å². The number of rotatable bonds is 5. The summed E-state index contributed by atoms with van der Waals surface area (Å²) in [6, 6.07) is 19.3. The van der Waals surface area contributed by atoms with E-state index in [2.05, 4.69) is 39.0 Å². The highest BCUT2D eigenvalue weighted by molar-refractivity contribution is 5.91. The van der Waals surface area contributed by atoms with Crippen molar-refractivity contribution in [3.8, 4) is 0 Å². The summed E-state index contributed by atoms with van der Waals surface area (Å²) in [5, 5.41) is 14.2. The van der Waals surface area contributed by atoms with Crippen molar-refractivity contribution in [3.63, 3.8) is 0 Å². The molecular formula is C20H20N4O. The molecule has 0 radical (unpaired) electrons. The van der Waals surface area contributed by atoms with Gasteiger partial charge >= 0.3 is 0 Å². The maximum atomic E-state index is 12.0. The lowest BCUT2D eigenvalue weighted by Crippen LogP contribution is -2.15. The van der Waals surface area contributed by atoms with Crippen molar-refractivity contribution in [2.75, 3.05) is 10.6 Å². The number of nitrogens with zero attached hydrogens (tertiary/aromatic N) is 2. The van der Waals surface area contributed by atoms with Crippen LogP contribution in [0.4, 0.5) is 17.3 Å². The Morgan fingerprint density at radius 1 is 0.920 bits per heavy atom. The normalized spacial score (nSPS) is 10.3. The zero-order valence-electron chi connectivity index (χ0n) is 14.3. The van der Waals surface area contributed by atoms with Gasteiger partial charge in [0.1, 0.15) is 0 Å². The van der Waals surface area contributed by atoms with Gasteiger partial charge in [-0.25, -0.2) is 0 Å². The van der Waals surface area contributed by atoms with E-state index in [1.165, 1.54) is 5.56 Å². The van der Waals surface area contributed by atoms with Crippen molar-refractivity contribution in [1.82, 2.24) is 10.2 Å². The van der Waals surface area contributed by atoms with Crippen LogP contribution in [0.3, 0.4) is 0 Å². The van der Waals surface area contributed by atoms with E-state index in [9.17, 15) is 4.79 Å². The largest absolute Gasteiger partial charge is 0.339 e. The van der Waals surface area contributed by atoms with Gasteiger partial charge in [0, 0.05) is 5.69 Å². The molecule has 5 nitrogen and oxygen atoms in total. The minimum atomic E-state index is -0.115. The third-order valence-corrected chi connectivity index (χ3v) is 3.80. The summed E-state index contributed by atoms with van der Waals surface area (Å²) in [4.78, 5) is 12.0. The van der Waals surface area contributed by atoms with Crippen LogP contribution in [0.15, 0.2) is 60.7 Å². The van der Waals surface area contributed by atoms with E-state index >= 15 is 0 Å². The van der Waals surface area contributed by atoms with E-state index in [4.69, 9.17) is 0 Å². The van der Waals surface area contributed by atoms with Crippen LogP contribution >= 0.6 is 0 Å². The molecule has 0 atom stereocenters.